The molecule has 5 heteroatoms. The predicted octanol–water partition coefficient (Wildman–Crippen LogP) is 14.2. The van der Waals surface area contributed by atoms with E-state index in [4.69, 9.17) is 0 Å². The van der Waals surface area contributed by atoms with Crippen LogP contribution in [0.3, 0.4) is 0 Å². The van der Waals surface area contributed by atoms with Crippen molar-refractivity contribution in [1.82, 2.24) is 4.90 Å². The average Bonchev–Trinajstić information content (AvgIpc) is 3.17. The van der Waals surface area contributed by atoms with Crippen molar-refractivity contribution in [1.29, 1.82) is 0 Å². The summed E-state index contributed by atoms with van der Waals surface area (Å²) >= 11 is 0. The largest absolute Gasteiger partial charge is 0.395 e. The van der Waals surface area contributed by atoms with E-state index < -0.39 is 11.6 Å². The lowest BCUT2D eigenvalue weighted by molar-refractivity contribution is -0.143. The number of ketones is 1. The van der Waals surface area contributed by atoms with Gasteiger partial charge in [0.15, 0.2) is 5.78 Å². The maximum Gasteiger partial charge on any atom is 0.155 e. The van der Waals surface area contributed by atoms with Gasteiger partial charge in [0.05, 0.1) is 19.3 Å². The van der Waals surface area contributed by atoms with Gasteiger partial charge in [0, 0.05) is 19.5 Å². The molecule has 3 N–H and O–H groups in total. The summed E-state index contributed by atoms with van der Waals surface area (Å²) in [7, 11) is 0. The first-order chi connectivity index (χ1) is 26.5. The molecule has 2 atom stereocenters. The van der Waals surface area contributed by atoms with Crippen molar-refractivity contribution in [2.45, 2.75) is 283 Å². The van der Waals surface area contributed by atoms with E-state index in [1.54, 1.807) is 0 Å². The van der Waals surface area contributed by atoms with E-state index in [1.807, 2.05) is 4.90 Å². The Morgan fingerprint density at radius 2 is 0.704 bits per heavy atom. The van der Waals surface area contributed by atoms with E-state index in [2.05, 4.69) is 20.8 Å². The van der Waals surface area contributed by atoms with Gasteiger partial charge in [0.2, 0.25) is 0 Å². The minimum atomic E-state index is -1.01. The third-order valence-electron chi connectivity index (χ3n) is 12.3. The highest BCUT2D eigenvalue weighted by Crippen LogP contribution is 2.33. The lowest BCUT2D eigenvalue weighted by Crippen LogP contribution is -2.63. The Bertz CT molecular complexity index is 741. The number of carbonyl (C=O) groups excluding carboxylic acids is 1. The normalized spacial score (nSPS) is 13.5. The van der Waals surface area contributed by atoms with Gasteiger partial charge in [-0.1, -0.05) is 245 Å². The first kappa shape index (κ1) is 53.5. The number of nitrogens with zero attached hydrogens (tertiary/aromatic N) is 1. The zero-order chi connectivity index (χ0) is 39.6. The van der Waals surface area contributed by atoms with Crippen LogP contribution in [0.1, 0.15) is 271 Å². The Balaban J connectivity index is 5.02. The number of unbranched alkanes of at least 4 members (excludes halogenated alkanes) is 33. The van der Waals surface area contributed by atoms with Crippen molar-refractivity contribution in [3.63, 3.8) is 0 Å². The molecule has 0 aromatic rings. The molecule has 54 heavy (non-hydrogen) atoms. The van der Waals surface area contributed by atoms with Gasteiger partial charge >= 0.3 is 0 Å². The van der Waals surface area contributed by atoms with E-state index in [0.717, 1.165) is 38.5 Å². The van der Waals surface area contributed by atoms with Crippen LogP contribution in [-0.4, -0.2) is 63.9 Å². The summed E-state index contributed by atoms with van der Waals surface area (Å²) in [5.41, 5.74) is -1.01. The molecule has 0 bridgehead atoms. The lowest BCUT2D eigenvalue weighted by Gasteiger charge is -2.46. The van der Waals surface area contributed by atoms with E-state index >= 15 is 0 Å². The molecule has 0 rings (SSSR count). The standard InChI is InChI=1S/C49H99NO4/c1-4-7-10-13-16-18-20-22-24-25-27-29-32-35-38-41-48(54)49(50(43-45-51)44-46-52,47(53)40-37-34-31-15-12-9-6-3)42-39-36-33-30-28-26-23-21-19-17-14-11-8-5-2/h47,51-53H,4-46H2,1-3H3. The Labute approximate surface area is 339 Å². The zero-order valence-corrected chi connectivity index (χ0v) is 37.2. The number of Topliss-reactive ketones (excluding diaryl/α,β-unsaturated/α-hetero) is 1. The zero-order valence-electron chi connectivity index (χ0n) is 37.2. The number of aliphatic hydroxyl groups is 3. The highest BCUT2D eigenvalue weighted by atomic mass is 16.3. The van der Waals surface area contributed by atoms with Crippen LogP contribution in [0.25, 0.3) is 0 Å². The summed E-state index contributed by atoms with van der Waals surface area (Å²) < 4.78 is 0. The summed E-state index contributed by atoms with van der Waals surface area (Å²) in [4.78, 5) is 16.4. The molecule has 0 saturated heterocycles. The monoisotopic (exact) mass is 766 g/mol. The highest BCUT2D eigenvalue weighted by Gasteiger charge is 2.47. The fourth-order valence-corrected chi connectivity index (χ4v) is 8.79. The lowest BCUT2D eigenvalue weighted by atomic mass is 9.76. The Morgan fingerprint density at radius 1 is 0.426 bits per heavy atom. The molecule has 0 aromatic carbocycles. The molecule has 5 nitrogen and oxygen atoms in total. The number of hydrogen-bond donors (Lipinski definition) is 3. The van der Waals surface area contributed by atoms with Gasteiger partial charge in [0.25, 0.3) is 0 Å². The molecular weight excluding hydrogens is 667 g/mol. The van der Waals surface area contributed by atoms with Gasteiger partial charge in [-0.05, 0) is 19.3 Å². The minimum absolute atomic E-state index is 0.0725. The maximum absolute atomic E-state index is 14.4. The van der Waals surface area contributed by atoms with Gasteiger partial charge in [0.1, 0.15) is 5.54 Å². The van der Waals surface area contributed by atoms with Gasteiger partial charge in [-0.15, -0.1) is 0 Å². The van der Waals surface area contributed by atoms with Crippen molar-refractivity contribution in [3.8, 4) is 0 Å². The number of aliphatic hydroxyl groups excluding tert-OH is 3. The first-order valence-corrected chi connectivity index (χ1v) is 24.7. The highest BCUT2D eigenvalue weighted by molar-refractivity contribution is 5.89. The molecule has 0 fully saturated rings. The van der Waals surface area contributed by atoms with Crippen molar-refractivity contribution >= 4 is 5.78 Å². The van der Waals surface area contributed by atoms with E-state index in [-0.39, 0.29) is 19.0 Å². The van der Waals surface area contributed by atoms with Gasteiger partial charge in [-0.3, -0.25) is 9.69 Å². The molecule has 2 unspecified atom stereocenters. The summed E-state index contributed by atoms with van der Waals surface area (Å²) in [5.74, 6) is 0.143. The minimum Gasteiger partial charge on any atom is -0.395 e. The Kier molecular flexibility index (Phi) is 41.7. The van der Waals surface area contributed by atoms with Crippen molar-refractivity contribution in [2.24, 2.45) is 0 Å². The van der Waals surface area contributed by atoms with Gasteiger partial charge in [-0.2, -0.15) is 0 Å². The molecular formula is C49H99NO4. The number of rotatable bonds is 46. The van der Waals surface area contributed by atoms with Crippen LogP contribution < -0.4 is 0 Å². The number of hydrogen-bond acceptors (Lipinski definition) is 5. The fourth-order valence-electron chi connectivity index (χ4n) is 8.79. The molecule has 324 valence electrons. The van der Waals surface area contributed by atoms with Crippen LogP contribution >= 0.6 is 0 Å². The van der Waals surface area contributed by atoms with E-state index in [0.29, 0.717) is 32.4 Å². The Morgan fingerprint density at radius 3 is 1.02 bits per heavy atom. The topological polar surface area (TPSA) is 81.0 Å². The molecule has 0 aliphatic rings. The second-order valence-electron chi connectivity index (χ2n) is 17.3. The predicted molar refractivity (Wildman–Crippen MR) is 237 cm³/mol. The molecule has 0 spiro atoms. The van der Waals surface area contributed by atoms with Crippen molar-refractivity contribution in [3.05, 3.63) is 0 Å². The van der Waals surface area contributed by atoms with Crippen LogP contribution in [0.15, 0.2) is 0 Å². The maximum atomic E-state index is 14.4. The van der Waals surface area contributed by atoms with E-state index in [1.165, 1.54) is 193 Å². The second kappa shape index (κ2) is 42.1. The van der Waals surface area contributed by atoms with Crippen LogP contribution in [0.2, 0.25) is 0 Å². The van der Waals surface area contributed by atoms with Crippen molar-refractivity contribution in [2.75, 3.05) is 26.3 Å². The van der Waals surface area contributed by atoms with Crippen LogP contribution in [0, 0.1) is 0 Å². The molecule has 0 heterocycles. The average molecular weight is 766 g/mol. The fraction of sp³-hybridized carbons (Fsp3) is 0.980. The van der Waals surface area contributed by atoms with Crippen LogP contribution in [0.4, 0.5) is 0 Å². The second-order valence-corrected chi connectivity index (χ2v) is 17.3. The molecule has 0 radical (unpaired) electrons. The molecule has 0 aliphatic heterocycles. The Hall–Kier alpha value is -0.490. The van der Waals surface area contributed by atoms with Crippen LogP contribution in [-0.2, 0) is 4.79 Å². The summed E-state index contributed by atoms with van der Waals surface area (Å²) in [6, 6.07) is 0. The van der Waals surface area contributed by atoms with Crippen LogP contribution in [0.5, 0.6) is 0 Å². The third kappa shape index (κ3) is 29.7. The summed E-state index contributed by atoms with van der Waals surface area (Å²) in [6.07, 6.45) is 46.7. The van der Waals surface area contributed by atoms with Gasteiger partial charge < -0.3 is 15.3 Å². The van der Waals surface area contributed by atoms with Gasteiger partial charge in [-0.25, -0.2) is 0 Å². The SMILES string of the molecule is CCCCCCCCCCCCCCCCCC(=O)C(CCCCCCCCCCCCCCCC)(C(O)CCCCCCCCC)N(CCO)CCO. The molecule has 0 amide bonds. The third-order valence-corrected chi connectivity index (χ3v) is 12.3. The number of carbonyl (C=O) groups is 1. The van der Waals surface area contributed by atoms with Crippen molar-refractivity contribution < 1.29 is 20.1 Å². The smallest absolute Gasteiger partial charge is 0.155 e. The summed E-state index contributed by atoms with van der Waals surface area (Å²) in [5, 5.41) is 32.2. The summed E-state index contributed by atoms with van der Waals surface area (Å²) in [6.45, 7) is 7.30. The first-order valence-electron chi connectivity index (χ1n) is 24.7. The molecule has 0 aromatic heterocycles. The quantitative estimate of drug-likeness (QED) is 0.0538. The van der Waals surface area contributed by atoms with E-state index in [9.17, 15) is 20.1 Å². The molecule has 0 aliphatic carbocycles. The molecule has 0 saturated carbocycles. The number of β-amino-alcohol motifs (C(OH)–C–C–N with tert-alkyl or cyclic N) is 2.